The van der Waals surface area contributed by atoms with E-state index in [1.54, 1.807) is 18.1 Å². The summed E-state index contributed by atoms with van der Waals surface area (Å²) in [6, 6.07) is 8.40. The summed E-state index contributed by atoms with van der Waals surface area (Å²) in [7, 11) is 3.65. The molecule has 1 fully saturated rings. The number of aromatic nitrogens is 3. The summed E-state index contributed by atoms with van der Waals surface area (Å²) in [5.41, 5.74) is 1.23. The van der Waals surface area contributed by atoms with Crippen LogP contribution < -0.4 is 10.6 Å². The summed E-state index contributed by atoms with van der Waals surface area (Å²) in [5.74, 6) is 1.61. The fourth-order valence-electron chi connectivity index (χ4n) is 3.28. The van der Waals surface area contributed by atoms with Gasteiger partial charge in [-0.1, -0.05) is 23.7 Å². The van der Waals surface area contributed by atoms with Crippen molar-refractivity contribution in [3.8, 4) is 0 Å². The molecule has 1 aromatic heterocycles. The Hall–Kier alpha value is -2.12. The van der Waals surface area contributed by atoms with Crippen LogP contribution in [0.1, 0.15) is 30.3 Å². The SMILES string of the molecule is CN=C(NCc1ncnn1C)NCC(c1cccc(Cl)c1)N1CCCC1. The molecule has 2 aromatic rings. The van der Waals surface area contributed by atoms with Crippen molar-refractivity contribution in [3.63, 3.8) is 0 Å². The number of aryl methyl sites for hydroxylation is 1. The van der Waals surface area contributed by atoms with Crippen LogP contribution in [0, 0.1) is 0 Å². The van der Waals surface area contributed by atoms with E-state index in [9.17, 15) is 0 Å². The molecule has 0 aliphatic carbocycles. The van der Waals surface area contributed by atoms with Gasteiger partial charge in [-0.25, -0.2) is 4.98 Å². The Bertz CT molecular complexity index is 737. The van der Waals surface area contributed by atoms with E-state index >= 15 is 0 Å². The largest absolute Gasteiger partial charge is 0.354 e. The second-order valence-electron chi connectivity index (χ2n) is 6.42. The standard InChI is InChI=1S/C18H26ClN7/c1-20-18(22-12-17-23-13-24-25(17)2)21-11-16(26-8-3-4-9-26)14-6-5-7-15(19)10-14/h5-7,10,13,16H,3-4,8-9,11-12H2,1-2H3,(H2,20,21,22). The zero-order valence-corrected chi connectivity index (χ0v) is 16.1. The number of benzene rings is 1. The minimum absolute atomic E-state index is 0.268. The molecular weight excluding hydrogens is 350 g/mol. The molecule has 1 aromatic carbocycles. The molecule has 0 saturated carbocycles. The molecule has 0 spiro atoms. The summed E-state index contributed by atoms with van der Waals surface area (Å²) < 4.78 is 1.75. The van der Waals surface area contributed by atoms with E-state index in [4.69, 9.17) is 11.6 Å². The van der Waals surface area contributed by atoms with Crippen LogP contribution in [0.4, 0.5) is 0 Å². The first-order valence-electron chi connectivity index (χ1n) is 8.94. The molecule has 0 amide bonds. The van der Waals surface area contributed by atoms with Gasteiger partial charge in [0.1, 0.15) is 12.2 Å². The van der Waals surface area contributed by atoms with Crippen molar-refractivity contribution in [2.24, 2.45) is 12.0 Å². The lowest BCUT2D eigenvalue weighted by Crippen LogP contribution is -2.42. The lowest BCUT2D eigenvalue weighted by atomic mass is 10.1. The first-order valence-corrected chi connectivity index (χ1v) is 9.32. The maximum atomic E-state index is 6.22. The first kappa shape index (κ1) is 18.7. The van der Waals surface area contributed by atoms with Crippen molar-refractivity contribution in [1.82, 2.24) is 30.3 Å². The predicted molar refractivity (Wildman–Crippen MR) is 104 cm³/mol. The van der Waals surface area contributed by atoms with Gasteiger partial charge in [0, 0.05) is 25.7 Å². The van der Waals surface area contributed by atoms with Crippen LogP contribution in [0.25, 0.3) is 0 Å². The number of halogens is 1. The van der Waals surface area contributed by atoms with E-state index in [0.29, 0.717) is 6.54 Å². The molecule has 2 N–H and O–H groups in total. The third kappa shape index (κ3) is 4.74. The van der Waals surface area contributed by atoms with Gasteiger partial charge in [-0.3, -0.25) is 14.6 Å². The number of aliphatic imine (C=N–C) groups is 1. The van der Waals surface area contributed by atoms with Gasteiger partial charge in [-0.05, 0) is 43.6 Å². The normalized spacial score (nSPS) is 16.7. The molecule has 1 saturated heterocycles. The second kappa shape index (κ2) is 9.00. The summed E-state index contributed by atoms with van der Waals surface area (Å²) in [5, 5.41) is 11.6. The molecular formula is C18H26ClN7. The van der Waals surface area contributed by atoms with Crippen LogP contribution in [-0.4, -0.2) is 52.3 Å². The Morgan fingerprint density at radius 1 is 1.31 bits per heavy atom. The van der Waals surface area contributed by atoms with Gasteiger partial charge in [-0.15, -0.1) is 0 Å². The molecule has 1 unspecified atom stereocenters. The molecule has 0 bridgehead atoms. The van der Waals surface area contributed by atoms with Crippen molar-refractivity contribution >= 4 is 17.6 Å². The molecule has 0 radical (unpaired) electrons. The maximum absolute atomic E-state index is 6.22. The molecule has 8 heteroatoms. The van der Waals surface area contributed by atoms with Gasteiger partial charge < -0.3 is 10.6 Å². The Morgan fingerprint density at radius 2 is 2.12 bits per heavy atom. The first-order chi connectivity index (χ1) is 12.7. The number of hydrogen-bond acceptors (Lipinski definition) is 4. The monoisotopic (exact) mass is 375 g/mol. The molecule has 3 rings (SSSR count). The minimum Gasteiger partial charge on any atom is -0.354 e. The highest BCUT2D eigenvalue weighted by atomic mass is 35.5. The number of hydrogen-bond donors (Lipinski definition) is 2. The fourth-order valence-corrected chi connectivity index (χ4v) is 3.48. The third-order valence-corrected chi connectivity index (χ3v) is 4.96. The van der Waals surface area contributed by atoms with Gasteiger partial charge in [-0.2, -0.15) is 5.10 Å². The van der Waals surface area contributed by atoms with E-state index in [1.807, 2.05) is 19.2 Å². The van der Waals surface area contributed by atoms with Crippen molar-refractivity contribution in [2.45, 2.75) is 25.4 Å². The van der Waals surface area contributed by atoms with E-state index in [0.717, 1.165) is 36.4 Å². The molecule has 140 valence electrons. The number of rotatable bonds is 6. The van der Waals surface area contributed by atoms with Crippen molar-refractivity contribution in [2.75, 3.05) is 26.7 Å². The molecule has 26 heavy (non-hydrogen) atoms. The maximum Gasteiger partial charge on any atom is 0.191 e. The highest BCUT2D eigenvalue weighted by Gasteiger charge is 2.23. The van der Waals surface area contributed by atoms with Crippen molar-refractivity contribution < 1.29 is 0 Å². The molecule has 1 aliphatic rings. The van der Waals surface area contributed by atoms with E-state index in [1.165, 1.54) is 18.4 Å². The molecule has 1 aliphatic heterocycles. The van der Waals surface area contributed by atoms with Crippen LogP contribution in [0.5, 0.6) is 0 Å². The average Bonchev–Trinajstić information content (AvgIpc) is 3.30. The number of nitrogens with zero attached hydrogens (tertiary/aromatic N) is 5. The van der Waals surface area contributed by atoms with Crippen LogP contribution in [0.2, 0.25) is 5.02 Å². The Morgan fingerprint density at radius 3 is 2.77 bits per heavy atom. The van der Waals surface area contributed by atoms with E-state index in [2.05, 4.69) is 42.7 Å². The van der Waals surface area contributed by atoms with Gasteiger partial charge in [0.05, 0.1) is 12.6 Å². The average molecular weight is 376 g/mol. The molecule has 2 heterocycles. The fraction of sp³-hybridized carbons (Fsp3) is 0.500. The van der Waals surface area contributed by atoms with Gasteiger partial charge in [0.15, 0.2) is 5.96 Å². The van der Waals surface area contributed by atoms with Crippen LogP contribution >= 0.6 is 11.6 Å². The Kier molecular flexibility index (Phi) is 6.46. The summed E-state index contributed by atoms with van der Waals surface area (Å²) in [4.78, 5) is 11.0. The van der Waals surface area contributed by atoms with E-state index in [-0.39, 0.29) is 6.04 Å². The van der Waals surface area contributed by atoms with E-state index < -0.39 is 0 Å². The summed E-state index contributed by atoms with van der Waals surface area (Å²) >= 11 is 6.22. The zero-order chi connectivity index (χ0) is 18.4. The van der Waals surface area contributed by atoms with Gasteiger partial charge in [0.2, 0.25) is 0 Å². The minimum atomic E-state index is 0.268. The highest BCUT2D eigenvalue weighted by molar-refractivity contribution is 6.30. The van der Waals surface area contributed by atoms with Gasteiger partial charge in [0.25, 0.3) is 0 Å². The van der Waals surface area contributed by atoms with Gasteiger partial charge >= 0.3 is 0 Å². The lowest BCUT2D eigenvalue weighted by Gasteiger charge is -2.29. The smallest absolute Gasteiger partial charge is 0.191 e. The Balaban J connectivity index is 1.63. The van der Waals surface area contributed by atoms with Crippen molar-refractivity contribution in [1.29, 1.82) is 0 Å². The molecule has 7 nitrogen and oxygen atoms in total. The highest BCUT2D eigenvalue weighted by Crippen LogP contribution is 2.26. The third-order valence-electron chi connectivity index (χ3n) is 4.72. The number of likely N-dealkylation sites (tertiary alicyclic amines) is 1. The molecule has 1 atom stereocenters. The van der Waals surface area contributed by atoms with Crippen LogP contribution in [0.15, 0.2) is 35.6 Å². The van der Waals surface area contributed by atoms with Crippen LogP contribution in [-0.2, 0) is 13.6 Å². The second-order valence-corrected chi connectivity index (χ2v) is 6.86. The lowest BCUT2D eigenvalue weighted by molar-refractivity contribution is 0.245. The number of nitrogens with one attached hydrogen (secondary N) is 2. The van der Waals surface area contributed by atoms with Crippen molar-refractivity contribution in [3.05, 3.63) is 47.0 Å². The summed E-state index contributed by atoms with van der Waals surface area (Å²) in [6.07, 6.45) is 4.04. The van der Waals surface area contributed by atoms with Crippen LogP contribution in [0.3, 0.4) is 0 Å². The Labute approximate surface area is 159 Å². The topological polar surface area (TPSA) is 70.4 Å². The number of guanidine groups is 1. The quantitative estimate of drug-likeness (QED) is 0.596. The predicted octanol–water partition coefficient (Wildman–Crippen LogP) is 1.97. The zero-order valence-electron chi connectivity index (χ0n) is 15.3. The summed E-state index contributed by atoms with van der Waals surface area (Å²) in [6.45, 7) is 3.56.